The summed E-state index contributed by atoms with van der Waals surface area (Å²) in [6.45, 7) is 9.17. The number of amides is 3. The van der Waals surface area contributed by atoms with Gasteiger partial charge in [-0.1, -0.05) is 53.6 Å². The Kier molecular flexibility index (Phi) is 10.7. The number of hydrogen-bond acceptors (Lipinski definition) is 5. The molecular weight excluding hydrogens is 534 g/mol. The molecule has 2 unspecified atom stereocenters. The number of anilines is 1. The number of hydrogen-bond donors (Lipinski definition) is 2. The zero-order chi connectivity index (χ0) is 28.7. The minimum Gasteiger partial charge on any atom is -0.444 e. The van der Waals surface area contributed by atoms with Crippen molar-refractivity contribution in [1.82, 2.24) is 10.2 Å². The van der Waals surface area contributed by atoms with Gasteiger partial charge in [0.1, 0.15) is 17.7 Å². The Morgan fingerprint density at radius 2 is 1.82 bits per heavy atom. The smallest absolute Gasteiger partial charge is 0.408 e. The third-order valence-corrected chi connectivity index (χ3v) is 7.64. The Balaban J connectivity index is 2.04. The van der Waals surface area contributed by atoms with E-state index in [4.69, 9.17) is 16.3 Å². The molecule has 3 amide bonds. The average Bonchev–Trinajstić information content (AvgIpc) is 2.81. The highest BCUT2D eigenvalue weighted by Gasteiger charge is 2.42. The standard InChI is InChI=1S/C30H40ClN3O4S/c1-19-10-7-12-21(18-19)26(27(35)33-25-20(2)11-8-15-23(25)31)34(22-13-9-14-22)28(36)24(16-17-39-6)32-29(37)38-30(3,4)5/h7-8,10-12,15,18,22,24,26H,9,13-14,16-17H2,1-6H3,(H,32,37)(H,33,35). The molecule has 212 valence electrons. The van der Waals surface area contributed by atoms with Crippen molar-refractivity contribution in [3.63, 3.8) is 0 Å². The van der Waals surface area contributed by atoms with Crippen molar-refractivity contribution in [2.24, 2.45) is 0 Å². The second-order valence-corrected chi connectivity index (χ2v) is 12.4. The van der Waals surface area contributed by atoms with Gasteiger partial charge in [-0.3, -0.25) is 9.59 Å². The number of benzene rings is 2. The highest BCUT2D eigenvalue weighted by molar-refractivity contribution is 7.98. The molecule has 0 aliphatic heterocycles. The van der Waals surface area contributed by atoms with Crippen LogP contribution in [0, 0.1) is 13.8 Å². The molecular formula is C30H40ClN3O4S. The van der Waals surface area contributed by atoms with Gasteiger partial charge in [-0.2, -0.15) is 11.8 Å². The average molecular weight is 574 g/mol. The summed E-state index contributed by atoms with van der Waals surface area (Å²) in [6, 6.07) is 11.2. The molecule has 3 rings (SSSR count). The van der Waals surface area contributed by atoms with Crippen LogP contribution in [-0.4, -0.2) is 52.5 Å². The first-order valence-corrected chi connectivity index (χ1v) is 15.1. The number of para-hydroxylation sites is 1. The van der Waals surface area contributed by atoms with Crippen molar-refractivity contribution in [1.29, 1.82) is 0 Å². The molecule has 2 aromatic carbocycles. The first-order valence-electron chi connectivity index (χ1n) is 13.3. The zero-order valence-corrected chi connectivity index (χ0v) is 25.2. The minimum atomic E-state index is -0.907. The lowest BCUT2D eigenvalue weighted by molar-refractivity contribution is -0.145. The highest BCUT2D eigenvalue weighted by Crippen LogP contribution is 2.36. The summed E-state index contributed by atoms with van der Waals surface area (Å²) in [5.41, 5.74) is 2.32. The van der Waals surface area contributed by atoms with Gasteiger partial charge in [0.05, 0.1) is 10.7 Å². The molecule has 1 aliphatic rings. The SMILES string of the molecule is CSCCC(NC(=O)OC(C)(C)C)C(=O)N(C1CCC1)C(C(=O)Nc1c(C)cccc1Cl)c1cccc(C)c1. The number of halogens is 1. The van der Waals surface area contributed by atoms with Gasteiger partial charge in [-0.05, 0) is 89.5 Å². The third-order valence-electron chi connectivity index (χ3n) is 6.68. The van der Waals surface area contributed by atoms with Gasteiger partial charge in [0.15, 0.2) is 0 Å². The number of alkyl carbamates (subject to hydrolysis) is 1. The predicted octanol–water partition coefficient (Wildman–Crippen LogP) is 6.66. The van der Waals surface area contributed by atoms with Crippen molar-refractivity contribution >= 4 is 47.0 Å². The van der Waals surface area contributed by atoms with Crippen molar-refractivity contribution < 1.29 is 19.1 Å². The highest BCUT2D eigenvalue weighted by atomic mass is 35.5. The van der Waals surface area contributed by atoms with E-state index in [-0.39, 0.29) is 17.9 Å². The molecule has 39 heavy (non-hydrogen) atoms. The van der Waals surface area contributed by atoms with Gasteiger partial charge in [0.25, 0.3) is 5.91 Å². The maximum absolute atomic E-state index is 14.3. The number of carbonyl (C=O) groups excluding carboxylic acids is 3. The van der Waals surface area contributed by atoms with E-state index in [9.17, 15) is 14.4 Å². The molecule has 2 N–H and O–H groups in total. The lowest BCUT2D eigenvalue weighted by Gasteiger charge is -2.43. The quantitative estimate of drug-likeness (QED) is 0.332. The number of aryl methyl sites for hydroxylation is 2. The summed E-state index contributed by atoms with van der Waals surface area (Å²) in [5, 5.41) is 6.23. The molecule has 2 atom stereocenters. The van der Waals surface area contributed by atoms with Crippen LogP contribution >= 0.6 is 23.4 Å². The number of carbonyl (C=O) groups is 3. The second kappa shape index (κ2) is 13.6. The van der Waals surface area contributed by atoms with Crippen LogP contribution in [0.3, 0.4) is 0 Å². The molecule has 2 aromatic rings. The second-order valence-electron chi connectivity index (χ2n) is 11.0. The fraction of sp³-hybridized carbons (Fsp3) is 0.500. The monoisotopic (exact) mass is 573 g/mol. The summed E-state index contributed by atoms with van der Waals surface area (Å²) in [7, 11) is 0. The summed E-state index contributed by atoms with van der Waals surface area (Å²) >= 11 is 8.04. The lowest BCUT2D eigenvalue weighted by atomic mass is 9.87. The van der Waals surface area contributed by atoms with E-state index in [2.05, 4.69) is 10.6 Å². The molecule has 7 nitrogen and oxygen atoms in total. The minimum absolute atomic E-state index is 0.127. The molecule has 0 aromatic heterocycles. The lowest BCUT2D eigenvalue weighted by Crippen LogP contribution is -2.57. The first-order chi connectivity index (χ1) is 18.4. The van der Waals surface area contributed by atoms with Gasteiger partial charge in [0, 0.05) is 6.04 Å². The molecule has 0 spiro atoms. The molecule has 0 bridgehead atoms. The van der Waals surface area contributed by atoms with E-state index >= 15 is 0 Å². The van der Waals surface area contributed by atoms with Gasteiger partial charge in [0.2, 0.25) is 5.91 Å². The normalized spacial score (nSPS) is 15.1. The topological polar surface area (TPSA) is 87.7 Å². The fourth-order valence-electron chi connectivity index (χ4n) is 4.57. The van der Waals surface area contributed by atoms with E-state index in [1.54, 1.807) is 43.5 Å². The Bertz CT molecular complexity index is 1160. The van der Waals surface area contributed by atoms with Crippen LogP contribution in [0.25, 0.3) is 0 Å². The van der Waals surface area contributed by atoms with Gasteiger partial charge in [-0.15, -0.1) is 0 Å². The van der Waals surface area contributed by atoms with E-state index < -0.39 is 23.8 Å². The fourth-order valence-corrected chi connectivity index (χ4v) is 5.31. The van der Waals surface area contributed by atoms with Crippen molar-refractivity contribution in [2.75, 3.05) is 17.3 Å². The van der Waals surface area contributed by atoms with Crippen LogP contribution in [0.1, 0.15) is 69.2 Å². The Hall–Kier alpha value is -2.71. The van der Waals surface area contributed by atoms with E-state index in [0.717, 1.165) is 30.4 Å². The van der Waals surface area contributed by atoms with Gasteiger partial charge in [-0.25, -0.2) is 4.79 Å². The Morgan fingerprint density at radius 3 is 2.38 bits per heavy atom. The molecule has 0 saturated heterocycles. The van der Waals surface area contributed by atoms with Crippen molar-refractivity contribution in [2.45, 2.75) is 84.0 Å². The molecule has 0 heterocycles. The molecule has 1 saturated carbocycles. The van der Waals surface area contributed by atoms with Crippen LogP contribution in [-0.2, 0) is 14.3 Å². The number of rotatable bonds is 10. The molecule has 9 heteroatoms. The maximum Gasteiger partial charge on any atom is 0.408 e. The summed E-state index contributed by atoms with van der Waals surface area (Å²) in [5.74, 6) is 0.0141. The van der Waals surface area contributed by atoms with E-state index in [1.807, 2.05) is 56.5 Å². The zero-order valence-electron chi connectivity index (χ0n) is 23.7. The van der Waals surface area contributed by atoms with Crippen LogP contribution in [0.5, 0.6) is 0 Å². The maximum atomic E-state index is 14.3. The predicted molar refractivity (Wildman–Crippen MR) is 159 cm³/mol. The van der Waals surface area contributed by atoms with Gasteiger partial charge < -0.3 is 20.3 Å². The van der Waals surface area contributed by atoms with Crippen LogP contribution in [0.2, 0.25) is 5.02 Å². The summed E-state index contributed by atoms with van der Waals surface area (Å²) < 4.78 is 5.47. The van der Waals surface area contributed by atoms with Crippen LogP contribution < -0.4 is 10.6 Å². The van der Waals surface area contributed by atoms with Crippen molar-refractivity contribution in [3.05, 3.63) is 64.2 Å². The third kappa shape index (κ3) is 8.39. The summed E-state index contributed by atoms with van der Waals surface area (Å²) in [4.78, 5) is 42.8. The molecule has 1 aliphatic carbocycles. The first kappa shape index (κ1) is 30.8. The Labute approximate surface area is 241 Å². The number of ether oxygens (including phenoxy) is 1. The largest absolute Gasteiger partial charge is 0.444 e. The molecule has 1 fully saturated rings. The van der Waals surface area contributed by atoms with Crippen LogP contribution in [0.15, 0.2) is 42.5 Å². The summed E-state index contributed by atoms with van der Waals surface area (Å²) in [6.07, 6.45) is 4.25. The Morgan fingerprint density at radius 1 is 1.13 bits per heavy atom. The molecule has 0 radical (unpaired) electrons. The van der Waals surface area contributed by atoms with E-state index in [1.165, 1.54) is 0 Å². The van der Waals surface area contributed by atoms with E-state index in [0.29, 0.717) is 28.4 Å². The number of thioether (sulfide) groups is 1. The number of nitrogens with one attached hydrogen (secondary N) is 2. The van der Waals surface area contributed by atoms with Gasteiger partial charge >= 0.3 is 6.09 Å². The van der Waals surface area contributed by atoms with Crippen molar-refractivity contribution in [3.8, 4) is 0 Å². The number of nitrogens with zero attached hydrogens (tertiary/aromatic N) is 1. The van der Waals surface area contributed by atoms with Crippen LogP contribution in [0.4, 0.5) is 10.5 Å².